The lowest BCUT2D eigenvalue weighted by Crippen LogP contribution is -1.92. The van der Waals surface area contributed by atoms with Crippen molar-refractivity contribution in [2.45, 2.75) is 13.3 Å². The maximum atomic E-state index is 6.36. The van der Waals surface area contributed by atoms with Crippen molar-refractivity contribution in [1.29, 1.82) is 0 Å². The molecule has 1 heterocycles. The van der Waals surface area contributed by atoms with Crippen LogP contribution in [0.3, 0.4) is 0 Å². The van der Waals surface area contributed by atoms with Gasteiger partial charge in [0.1, 0.15) is 5.82 Å². The minimum Gasteiger partial charge on any atom is -0.345 e. The summed E-state index contributed by atoms with van der Waals surface area (Å²) in [4.78, 5) is 8.18. The molecule has 1 N–H and O–H groups in total. The molecule has 2 nitrogen and oxygen atoms in total. The highest BCUT2D eigenvalue weighted by Gasteiger charge is 2.14. The molecular formula is C21H16Cl2N2. The number of nitrogens with zero attached hydrogens (tertiary/aromatic N) is 1. The molecule has 1 aromatic heterocycles. The zero-order valence-electron chi connectivity index (χ0n) is 13.7. The Morgan fingerprint density at radius 2 is 1.68 bits per heavy atom. The standard InChI is InChI=1S/C21H16Cl2N2/c1-13-21(17-10-5-11-18(22)20(17)23)25-19(24-13)12-15-8-4-7-14-6-2-3-9-16(14)15/h2-11H,12H2,1H3,(H,24,25). The Balaban J connectivity index is 1.74. The molecule has 0 bridgehead atoms. The van der Waals surface area contributed by atoms with E-state index in [9.17, 15) is 0 Å². The lowest BCUT2D eigenvalue weighted by atomic mass is 10.0. The Labute approximate surface area is 156 Å². The lowest BCUT2D eigenvalue weighted by molar-refractivity contribution is 1.02. The first-order valence-electron chi connectivity index (χ1n) is 8.10. The number of aromatic amines is 1. The SMILES string of the molecule is Cc1[nH]c(Cc2cccc3ccccc23)nc1-c1cccc(Cl)c1Cl. The molecule has 4 heteroatoms. The van der Waals surface area contributed by atoms with Crippen LogP contribution in [0.2, 0.25) is 10.0 Å². The van der Waals surface area contributed by atoms with Gasteiger partial charge in [-0.3, -0.25) is 0 Å². The van der Waals surface area contributed by atoms with Crippen molar-refractivity contribution in [2.24, 2.45) is 0 Å². The zero-order valence-corrected chi connectivity index (χ0v) is 15.2. The molecule has 0 atom stereocenters. The van der Waals surface area contributed by atoms with Crippen LogP contribution in [0.5, 0.6) is 0 Å². The minimum absolute atomic E-state index is 0.537. The second-order valence-electron chi connectivity index (χ2n) is 6.07. The fourth-order valence-corrected chi connectivity index (χ4v) is 3.57. The number of imidazole rings is 1. The van der Waals surface area contributed by atoms with Crippen molar-refractivity contribution >= 4 is 34.0 Å². The van der Waals surface area contributed by atoms with Crippen molar-refractivity contribution in [3.05, 3.63) is 87.8 Å². The topological polar surface area (TPSA) is 28.7 Å². The predicted octanol–water partition coefficient (Wildman–Crippen LogP) is 6.44. The van der Waals surface area contributed by atoms with Gasteiger partial charge in [0.05, 0.1) is 15.7 Å². The van der Waals surface area contributed by atoms with E-state index in [0.717, 1.165) is 29.2 Å². The molecule has 0 aliphatic rings. The first-order chi connectivity index (χ1) is 12.1. The smallest absolute Gasteiger partial charge is 0.111 e. The molecule has 25 heavy (non-hydrogen) atoms. The summed E-state index contributed by atoms with van der Waals surface area (Å²) in [5.74, 6) is 0.917. The summed E-state index contributed by atoms with van der Waals surface area (Å²) in [5, 5.41) is 3.57. The molecule has 0 spiro atoms. The largest absolute Gasteiger partial charge is 0.345 e. The molecule has 0 aliphatic heterocycles. The van der Waals surface area contributed by atoms with Crippen LogP contribution in [0.4, 0.5) is 0 Å². The van der Waals surface area contributed by atoms with E-state index in [0.29, 0.717) is 10.0 Å². The number of aryl methyl sites for hydroxylation is 1. The van der Waals surface area contributed by atoms with E-state index in [2.05, 4.69) is 47.4 Å². The number of halogens is 2. The minimum atomic E-state index is 0.537. The van der Waals surface area contributed by atoms with Crippen LogP contribution in [0, 0.1) is 6.92 Å². The number of aromatic nitrogens is 2. The number of hydrogen-bond donors (Lipinski definition) is 1. The molecule has 0 unspecified atom stereocenters. The fraction of sp³-hybridized carbons (Fsp3) is 0.0952. The number of rotatable bonds is 3. The number of benzene rings is 3. The van der Waals surface area contributed by atoms with Crippen LogP contribution >= 0.6 is 23.2 Å². The highest BCUT2D eigenvalue weighted by molar-refractivity contribution is 6.43. The van der Waals surface area contributed by atoms with Gasteiger partial charge in [-0.2, -0.15) is 0 Å². The number of H-pyrrole nitrogens is 1. The third kappa shape index (κ3) is 3.04. The maximum absolute atomic E-state index is 6.36. The fourth-order valence-electron chi connectivity index (χ4n) is 3.18. The molecule has 0 aliphatic carbocycles. The number of hydrogen-bond acceptors (Lipinski definition) is 1. The highest BCUT2D eigenvalue weighted by Crippen LogP contribution is 2.34. The Morgan fingerprint density at radius 3 is 2.56 bits per heavy atom. The number of fused-ring (bicyclic) bond motifs is 1. The zero-order chi connectivity index (χ0) is 17.4. The van der Waals surface area contributed by atoms with Gasteiger partial charge in [-0.25, -0.2) is 4.98 Å². The van der Waals surface area contributed by atoms with Gasteiger partial charge in [0, 0.05) is 17.7 Å². The van der Waals surface area contributed by atoms with E-state index in [1.54, 1.807) is 6.07 Å². The highest BCUT2D eigenvalue weighted by atomic mass is 35.5. The average molecular weight is 367 g/mol. The molecule has 0 fully saturated rings. The maximum Gasteiger partial charge on any atom is 0.111 e. The van der Waals surface area contributed by atoms with Crippen LogP contribution < -0.4 is 0 Å². The number of nitrogens with one attached hydrogen (secondary N) is 1. The molecule has 4 rings (SSSR count). The van der Waals surface area contributed by atoms with E-state index in [1.807, 2.05) is 19.1 Å². The summed E-state index contributed by atoms with van der Waals surface area (Å²) in [6.45, 7) is 2.01. The monoisotopic (exact) mass is 366 g/mol. The van der Waals surface area contributed by atoms with Gasteiger partial charge in [-0.05, 0) is 29.3 Å². The quantitative estimate of drug-likeness (QED) is 0.444. The Bertz CT molecular complexity index is 1060. The molecule has 3 aromatic carbocycles. The first kappa shape index (κ1) is 16.2. The Kier molecular flexibility index (Phi) is 4.24. The van der Waals surface area contributed by atoms with Gasteiger partial charge < -0.3 is 4.98 Å². The van der Waals surface area contributed by atoms with Crippen LogP contribution in [0.25, 0.3) is 22.0 Å². The molecule has 4 aromatic rings. The van der Waals surface area contributed by atoms with Gasteiger partial charge in [0.2, 0.25) is 0 Å². The van der Waals surface area contributed by atoms with Gasteiger partial charge >= 0.3 is 0 Å². The van der Waals surface area contributed by atoms with Crippen molar-refractivity contribution < 1.29 is 0 Å². The summed E-state index contributed by atoms with van der Waals surface area (Å²) in [6.07, 6.45) is 0.736. The van der Waals surface area contributed by atoms with Gasteiger partial charge in [0.25, 0.3) is 0 Å². The van der Waals surface area contributed by atoms with E-state index in [1.165, 1.54) is 16.3 Å². The summed E-state index contributed by atoms with van der Waals surface area (Å²) >= 11 is 12.5. The van der Waals surface area contributed by atoms with Crippen LogP contribution in [0.15, 0.2) is 60.7 Å². The second kappa shape index (κ2) is 6.55. The average Bonchev–Trinajstić information content (AvgIpc) is 2.98. The first-order valence-corrected chi connectivity index (χ1v) is 8.85. The normalized spacial score (nSPS) is 11.2. The van der Waals surface area contributed by atoms with Crippen molar-refractivity contribution in [2.75, 3.05) is 0 Å². The molecule has 124 valence electrons. The summed E-state index contributed by atoms with van der Waals surface area (Å²) in [5.41, 5.74) is 3.94. The van der Waals surface area contributed by atoms with Crippen LogP contribution in [-0.2, 0) is 6.42 Å². The van der Waals surface area contributed by atoms with Crippen LogP contribution in [-0.4, -0.2) is 9.97 Å². The molecular weight excluding hydrogens is 351 g/mol. The van der Waals surface area contributed by atoms with Crippen molar-refractivity contribution in [3.8, 4) is 11.3 Å². The lowest BCUT2D eigenvalue weighted by Gasteiger charge is -2.05. The van der Waals surface area contributed by atoms with E-state index in [4.69, 9.17) is 28.2 Å². The Morgan fingerprint density at radius 1 is 0.920 bits per heavy atom. The van der Waals surface area contributed by atoms with Crippen LogP contribution in [0.1, 0.15) is 17.1 Å². The third-order valence-corrected chi connectivity index (χ3v) is 5.20. The molecule has 0 amide bonds. The van der Waals surface area contributed by atoms with Gasteiger partial charge in [-0.15, -0.1) is 0 Å². The van der Waals surface area contributed by atoms with Crippen molar-refractivity contribution in [3.63, 3.8) is 0 Å². The summed E-state index contributed by atoms with van der Waals surface area (Å²) in [7, 11) is 0. The van der Waals surface area contributed by atoms with Gasteiger partial charge in [-0.1, -0.05) is 77.8 Å². The molecule has 0 saturated heterocycles. The predicted molar refractivity (Wildman–Crippen MR) is 106 cm³/mol. The van der Waals surface area contributed by atoms with E-state index < -0.39 is 0 Å². The van der Waals surface area contributed by atoms with Gasteiger partial charge in [0.15, 0.2) is 0 Å². The Hall–Kier alpha value is -2.29. The van der Waals surface area contributed by atoms with Crippen molar-refractivity contribution in [1.82, 2.24) is 9.97 Å². The molecule has 0 radical (unpaired) electrons. The van der Waals surface area contributed by atoms with E-state index in [-0.39, 0.29) is 0 Å². The molecule has 0 saturated carbocycles. The van der Waals surface area contributed by atoms with E-state index >= 15 is 0 Å². The third-order valence-electron chi connectivity index (χ3n) is 4.38. The summed E-state index contributed by atoms with van der Waals surface area (Å²) in [6, 6.07) is 20.4. The second-order valence-corrected chi connectivity index (χ2v) is 6.86. The summed E-state index contributed by atoms with van der Waals surface area (Å²) < 4.78 is 0.